The summed E-state index contributed by atoms with van der Waals surface area (Å²) < 4.78 is 8.26. The number of rotatable bonds is 22. The van der Waals surface area contributed by atoms with Crippen molar-refractivity contribution in [3.05, 3.63) is 0 Å². The van der Waals surface area contributed by atoms with Crippen molar-refractivity contribution < 1.29 is 31.4 Å². The van der Waals surface area contributed by atoms with Crippen LogP contribution in [0.25, 0.3) is 0 Å². The molecule has 7 aliphatic heterocycles. The average Bonchev–Trinajstić information content (AvgIpc) is 3.75. The third-order valence-electron chi connectivity index (χ3n) is 20.8. The Bertz CT molecular complexity index is 1830. The maximum atomic E-state index is 2.67. The third-order valence-corrected chi connectivity index (χ3v) is 20.8. The van der Waals surface area contributed by atoms with Crippen molar-refractivity contribution in [2.24, 2.45) is 29.6 Å². The lowest BCUT2D eigenvalue weighted by atomic mass is 10.1. The molecule has 0 amide bonds. The van der Waals surface area contributed by atoms with Gasteiger partial charge in [0.1, 0.15) is 64.8 Å². The lowest BCUT2D eigenvalue weighted by Gasteiger charge is -2.30. The van der Waals surface area contributed by atoms with Crippen molar-refractivity contribution in [1.29, 1.82) is 0 Å². The van der Waals surface area contributed by atoms with E-state index in [4.69, 9.17) is 0 Å². The highest BCUT2D eigenvalue weighted by atomic mass is 15.5. The first kappa shape index (κ1) is 87.5. The Hall–Kier alpha value is -0.560. The summed E-state index contributed by atoms with van der Waals surface area (Å²) in [6.07, 6.45) is 13.3. The maximum absolute atomic E-state index is 2.67. The molecule has 7 saturated heterocycles. The van der Waals surface area contributed by atoms with Crippen LogP contribution >= 0.6 is 0 Å². The SMILES string of the molecule is CC(C)CN1CC(C)[N+](C)(C)C1.CC(C)CN1C[N+](C)(C)CC1C.CCC1CN(CC(C)C)C[N+]1(C)C.CCC1C[N+](C)(C)CN1CC(C)C.CCCC1CN(CC(C)C)C[N+]1(C)C.CCCC1CN(CCC)C[N+]1(C)C.CCCC1C[N+](C)(C)CN1CCC. The Balaban J connectivity index is 0.000000525. The molecule has 7 aliphatic rings. The van der Waals surface area contributed by atoms with Crippen LogP contribution in [0.2, 0.25) is 0 Å². The molecule has 7 fully saturated rings. The molecule has 0 radical (unpaired) electrons. The summed E-state index contributed by atoms with van der Waals surface area (Å²) in [5, 5.41) is 0. The lowest BCUT2D eigenvalue weighted by molar-refractivity contribution is -0.905. The first-order valence-corrected chi connectivity index (χ1v) is 38.2. The van der Waals surface area contributed by atoms with Crippen molar-refractivity contribution in [3.8, 4) is 0 Å². The highest BCUT2D eigenvalue weighted by Gasteiger charge is 2.42. The van der Waals surface area contributed by atoms with Gasteiger partial charge in [-0.05, 0) is 75.5 Å². The first-order valence-electron chi connectivity index (χ1n) is 38.2. The lowest BCUT2D eigenvalue weighted by Crippen LogP contribution is -2.45. The fourth-order valence-electron chi connectivity index (χ4n) is 16.7. The van der Waals surface area contributed by atoms with E-state index in [9.17, 15) is 0 Å². The van der Waals surface area contributed by atoms with Crippen LogP contribution in [-0.4, -0.2) is 345 Å². The van der Waals surface area contributed by atoms with Crippen LogP contribution in [0.5, 0.6) is 0 Å². The van der Waals surface area contributed by atoms with Crippen LogP contribution in [0.3, 0.4) is 0 Å². The molecule has 0 aromatic carbocycles. The first-order chi connectivity index (χ1) is 41.4. The number of likely N-dealkylation sites (N-methyl/N-ethyl adjacent to an activating group) is 7. The third kappa shape index (κ3) is 33.1. The largest absolute Gasteiger partial charge is 0.315 e. The van der Waals surface area contributed by atoms with E-state index < -0.39 is 0 Å². The molecule has 0 bridgehead atoms. The fraction of sp³-hybridized carbons (Fsp3) is 1.00. The second-order valence-electron chi connectivity index (χ2n) is 37.1. The average molecular weight is 1280 g/mol. The summed E-state index contributed by atoms with van der Waals surface area (Å²) in [4.78, 5) is 18.4. The van der Waals surface area contributed by atoms with E-state index >= 15 is 0 Å². The molecule has 14 nitrogen and oxygen atoms in total. The van der Waals surface area contributed by atoms with Gasteiger partial charge in [0.2, 0.25) is 0 Å². The number of nitrogens with zero attached hydrogens (tertiary/aromatic N) is 14. The van der Waals surface area contributed by atoms with Gasteiger partial charge >= 0.3 is 0 Å². The van der Waals surface area contributed by atoms with Gasteiger partial charge in [-0.2, -0.15) is 0 Å². The molecule has 0 spiro atoms. The number of hydrogen-bond acceptors (Lipinski definition) is 7. The second kappa shape index (κ2) is 40.4. The summed E-state index contributed by atoms with van der Waals surface area (Å²) in [7, 11) is 32.8. The van der Waals surface area contributed by atoms with Crippen LogP contribution in [0, 0.1) is 29.6 Å². The number of hydrogen-bond donors (Lipinski definition) is 0. The quantitative estimate of drug-likeness (QED) is 0.0995. The second-order valence-corrected chi connectivity index (χ2v) is 37.1. The summed E-state index contributed by atoms with van der Waals surface area (Å²) in [6.45, 7) is 70.4. The molecule has 7 unspecified atom stereocenters. The highest BCUT2D eigenvalue weighted by Crippen LogP contribution is 2.27. The Labute approximate surface area is 567 Å². The molecule has 7 heterocycles. The maximum Gasteiger partial charge on any atom is 0.135 e. The molecule has 0 aromatic rings. The Morgan fingerprint density at radius 1 is 0.311 bits per heavy atom. The summed E-state index contributed by atoms with van der Waals surface area (Å²) in [5.41, 5.74) is 0. The molecular formula is C76H173N14+7. The van der Waals surface area contributed by atoms with Gasteiger partial charge in [-0.1, -0.05) is 137 Å². The topological polar surface area (TPSA) is 22.7 Å². The zero-order valence-electron chi connectivity index (χ0n) is 68.1. The minimum atomic E-state index is 0.766. The fourth-order valence-corrected chi connectivity index (χ4v) is 16.7. The molecule has 0 aromatic heterocycles. The van der Waals surface area contributed by atoms with Gasteiger partial charge in [0.05, 0.1) is 169 Å². The smallest absolute Gasteiger partial charge is 0.135 e. The molecule has 0 N–H and O–H groups in total. The van der Waals surface area contributed by atoms with E-state index in [1.54, 1.807) is 0 Å². The van der Waals surface area contributed by atoms with Crippen LogP contribution in [0.4, 0.5) is 0 Å². The van der Waals surface area contributed by atoms with E-state index in [-0.39, 0.29) is 0 Å². The van der Waals surface area contributed by atoms with Crippen LogP contribution < -0.4 is 0 Å². The van der Waals surface area contributed by atoms with E-state index in [0.29, 0.717) is 0 Å². The highest BCUT2D eigenvalue weighted by molar-refractivity contribution is 4.78. The normalized spacial score (nSPS) is 28.7. The van der Waals surface area contributed by atoms with E-state index in [0.717, 1.165) is 80.8 Å². The van der Waals surface area contributed by atoms with Crippen LogP contribution in [-0.2, 0) is 0 Å². The van der Waals surface area contributed by atoms with Crippen molar-refractivity contribution in [2.75, 3.05) is 237 Å². The molecule has 7 rings (SSSR count). The minimum Gasteiger partial charge on any atom is -0.315 e. The molecular weight excluding hydrogens is 1110 g/mol. The molecule has 90 heavy (non-hydrogen) atoms. The zero-order valence-corrected chi connectivity index (χ0v) is 68.1. The predicted octanol–water partition coefficient (Wildman–Crippen LogP) is 12.3. The standard InChI is InChI=1S/C12H27N2.4C11H25N2.2C10H23N2/c1-6-7-12-9-13(8-11(2)3)10-14(12,4)5;1-6-11-8-13(4,5)9-12(11)7-10(2)3;1-6-11-8-12(7-10(2)3)9-13(11,4)5;1-5-7-11-9-13(3,4)10-12(11)8-6-2;1-5-7-11-9-12(8-6-2)10-13(11,3)4;1-9(2)6-11-8-12(4,5)7-10(11)3;1-9(2)6-11-7-10(3)12(4,5)8-11/h11-12H,6-10H2,1-5H3;2*10-11H,6-9H2,1-5H3;2*11H,5-10H2,1-4H3;2*9-10H,6-8H2,1-5H3/q7*+1. The molecule has 540 valence electrons. The van der Waals surface area contributed by atoms with Crippen molar-refractivity contribution in [1.82, 2.24) is 34.3 Å². The molecule has 0 aliphatic carbocycles. The van der Waals surface area contributed by atoms with Crippen molar-refractivity contribution in [2.45, 2.75) is 238 Å². The zero-order chi connectivity index (χ0) is 69.4. The minimum absolute atomic E-state index is 0.766. The summed E-state index contributed by atoms with van der Waals surface area (Å²) in [6, 6.07) is 5.80. The van der Waals surface area contributed by atoms with Gasteiger partial charge in [0.15, 0.2) is 0 Å². The Kier molecular flexibility index (Phi) is 39.2. The van der Waals surface area contributed by atoms with E-state index in [1.807, 2.05) is 0 Å². The molecule has 7 atom stereocenters. The van der Waals surface area contributed by atoms with Gasteiger partial charge in [-0.25, -0.2) is 14.7 Å². The van der Waals surface area contributed by atoms with Gasteiger partial charge < -0.3 is 31.4 Å². The van der Waals surface area contributed by atoms with Crippen molar-refractivity contribution >= 4 is 0 Å². The summed E-state index contributed by atoms with van der Waals surface area (Å²) in [5.74, 6) is 4.00. The molecule has 0 saturated carbocycles. The van der Waals surface area contributed by atoms with Gasteiger partial charge in [0, 0.05) is 58.7 Å². The Morgan fingerprint density at radius 3 is 1.01 bits per heavy atom. The van der Waals surface area contributed by atoms with Crippen LogP contribution in [0.1, 0.15) is 196 Å². The van der Waals surface area contributed by atoms with Gasteiger partial charge in [-0.3, -0.25) is 19.6 Å². The summed E-state index contributed by atoms with van der Waals surface area (Å²) >= 11 is 0. The van der Waals surface area contributed by atoms with E-state index in [1.165, 1.54) is 225 Å². The molecule has 14 heteroatoms. The monoisotopic (exact) mass is 1280 g/mol. The van der Waals surface area contributed by atoms with E-state index in [2.05, 4.69) is 265 Å². The predicted molar refractivity (Wildman–Crippen MR) is 398 cm³/mol. The number of quaternary nitrogens is 7. The Morgan fingerprint density at radius 2 is 0.656 bits per heavy atom. The van der Waals surface area contributed by atoms with Gasteiger partial charge in [0.25, 0.3) is 0 Å². The van der Waals surface area contributed by atoms with Crippen LogP contribution in [0.15, 0.2) is 0 Å². The van der Waals surface area contributed by atoms with Crippen molar-refractivity contribution in [3.63, 3.8) is 0 Å². The van der Waals surface area contributed by atoms with Gasteiger partial charge in [-0.15, -0.1) is 0 Å².